The molecule has 0 spiro atoms. The van der Waals surface area contributed by atoms with Crippen molar-refractivity contribution in [2.45, 2.75) is 33.1 Å². The van der Waals surface area contributed by atoms with Crippen LogP contribution in [-0.2, 0) is 0 Å². The van der Waals surface area contributed by atoms with E-state index in [1.807, 2.05) is 19.1 Å². The van der Waals surface area contributed by atoms with Crippen LogP contribution in [0.4, 0.5) is 11.4 Å². The van der Waals surface area contributed by atoms with Crippen LogP contribution in [0.2, 0.25) is 0 Å². The van der Waals surface area contributed by atoms with Gasteiger partial charge in [-0.2, -0.15) is 0 Å². The molecule has 5 heteroatoms. The third kappa shape index (κ3) is 4.17. The van der Waals surface area contributed by atoms with Gasteiger partial charge in [0.2, 0.25) is 0 Å². The molecule has 1 heterocycles. The SMILES string of the molecule is CCCN(CC1CCCNC1)c1ccc(C)cc1[N+](=O)[O-]. The molecule has 1 aromatic carbocycles. The van der Waals surface area contributed by atoms with Gasteiger partial charge in [-0.3, -0.25) is 10.1 Å². The minimum absolute atomic E-state index is 0.229. The van der Waals surface area contributed by atoms with Gasteiger partial charge in [-0.15, -0.1) is 0 Å². The maximum absolute atomic E-state index is 11.3. The Hall–Kier alpha value is -1.62. The summed E-state index contributed by atoms with van der Waals surface area (Å²) in [6, 6.07) is 5.54. The number of hydrogen-bond donors (Lipinski definition) is 1. The van der Waals surface area contributed by atoms with Gasteiger partial charge in [0.15, 0.2) is 0 Å². The number of anilines is 1. The zero-order valence-corrected chi connectivity index (χ0v) is 13.0. The van der Waals surface area contributed by atoms with E-state index >= 15 is 0 Å². The average Bonchev–Trinajstić information content (AvgIpc) is 2.48. The lowest BCUT2D eigenvalue weighted by Crippen LogP contribution is -2.39. The summed E-state index contributed by atoms with van der Waals surface area (Å²) in [6.45, 7) is 7.87. The van der Waals surface area contributed by atoms with E-state index in [9.17, 15) is 10.1 Å². The summed E-state index contributed by atoms with van der Waals surface area (Å²) in [7, 11) is 0. The molecule has 1 aromatic rings. The topological polar surface area (TPSA) is 58.4 Å². The fraction of sp³-hybridized carbons (Fsp3) is 0.625. The fourth-order valence-electron chi connectivity index (χ4n) is 3.02. The zero-order valence-electron chi connectivity index (χ0n) is 13.0. The van der Waals surface area contributed by atoms with Crippen molar-refractivity contribution in [3.63, 3.8) is 0 Å². The highest BCUT2D eigenvalue weighted by atomic mass is 16.6. The number of nitro benzene ring substituents is 1. The summed E-state index contributed by atoms with van der Waals surface area (Å²) in [4.78, 5) is 13.3. The van der Waals surface area contributed by atoms with Crippen LogP contribution >= 0.6 is 0 Å². The van der Waals surface area contributed by atoms with Crippen LogP contribution in [0.5, 0.6) is 0 Å². The van der Waals surface area contributed by atoms with Gasteiger partial charge in [0, 0.05) is 19.2 Å². The highest BCUT2D eigenvalue weighted by molar-refractivity contribution is 5.64. The molecular weight excluding hydrogens is 266 g/mol. The number of piperidine rings is 1. The fourth-order valence-corrected chi connectivity index (χ4v) is 3.02. The molecule has 1 atom stereocenters. The monoisotopic (exact) mass is 291 g/mol. The molecule has 116 valence electrons. The molecule has 5 nitrogen and oxygen atoms in total. The molecule has 1 unspecified atom stereocenters. The number of nitrogens with one attached hydrogen (secondary N) is 1. The van der Waals surface area contributed by atoms with E-state index < -0.39 is 0 Å². The van der Waals surface area contributed by atoms with E-state index in [-0.39, 0.29) is 10.6 Å². The Morgan fingerprint density at radius 1 is 1.48 bits per heavy atom. The first-order valence-corrected chi connectivity index (χ1v) is 7.82. The Labute approximate surface area is 126 Å². The predicted molar refractivity (Wildman–Crippen MR) is 85.9 cm³/mol. The average molecular weight is 291 g/mol. The number of rotatable bonds is 6. The van der Waals surface area contributed by atoms with Crippen molar-refractivity contribution >= 4 is 11.4 Å². The van der Waals surface area contributed by atoms with Crippen molar-refractivity contribution in [3.05, 3.63) is 33.9 Å². The van der Waals surface area contributed by atoms with Gasteiger partial charge < -0.3 is 10.2 Å². The maximum Gasteiger partial charge on any atom is 0.292 e. The highest BCUT2D eigenvalue weighted by Crippen LogP contribution is 2.30. The van der Waals surface area contributed by atoms with Crippen LogP contribution < -0.4 is 10.2 Å². The molecule has 1 N–H and O–H groups in total. The van der Waals surface area contributed by atoms with Gasteiger partial charge >= 0.3 is 0 Å². The molecule has 2 rings (SSSR count). The van der Waals surface area contributed by atoms with Gasteiger partial charge in [0.25, 0.3) is 5.69 Å². The molecular formula is C16H25N3O2. The zero-order chi connectivity index (χ0) is 15.2. The van der Waals surface area contributed by atoms with Crippen LogP contribution in [0.25, 0.3) is 0 Å². The first kappa shape index (κ1) is 15.8. The molecule has 0 saturated carbocycles. The molecule has 0 radical (unpaired) electrons. The van der Waals surface area contributed by atoms with E-state index in [2.05, 4.69) is 17.1 Å². The van der Waals surface area contributed by atoms with Crippen molar-refractivity contribution in [1.82, 2.24) is 5.32 Å². The Balaban J connectivity index is 2.22. The molecule has 1 aliphatic heterocycles. The van der Waals surface area contributed by atoms with Crippen molar-refractivity contribution < 1.29 is 4.92 Å². The van der Waals surface area contributed by atoms with Crippen molar-refractivity contribution in [2.75, 3.05) is 31.1 Å². The molecule has 0 amide bonds. The number of benzene rings is 1. The molecule has 1 aliphatic rings. The van der Waals surface area contributed by atoms with E-state index in [1.54, 1.807) is 6.07 Å². The van der Waals surface area contributed by atoms with Crippen molar-refractivity contribution in [2.24, 2.45) is 5.92 Å². The standard InChI is InChI=1S/C16H25N3O2/c1-3-9-18(12-14-5-4-8-17-11-14)15-7-6-13(2)10-16(15)19(20)21/h6-7,10,14,17H,3-5,8-9,11-12H2,1-2H3. The second-order valence-electron chi connectivity index (χ2n) is 5.91. The van der Waals surface area contributed by atoms with Gasteiger partial charge in [-0.05, 0) is 56.8 Å². The van der Waals surface area contributed by atoms with Gasteiger partial charge in [-0.25, -0.2) is 0 Å². The van der Waals surface area contributed by atoms with Gasteiger partial charge in [0.1, 0.15) is 5.69 Å². The maximum atomic E-state index is 11.3. The summed E-state index contributed by atoms with van der Waals surface area (Å²) >= 11 is 0. The third-order valence-electron chi connectivity index (χ3n) is 4.04. The Morgan fingerprint density at radius 2 is 2.29 bits per heavy atom. The predicted octanol–water partition coefficient (Wildman–Crippen LogP) is 3.12. The quantitative estimate of drug-likeness (QED) is 0.646. The molecule has 1 saturated heterocycles. The second-order valence-corrected chi connectivity index (χ2v) is 5.91. The third-order valence-corrected chi connectivity index (χ3v) is 4.04. The highest BCUT2D eigenvalue weighted by Gasteiger charge is 2.22. The van der Waals surface area contributed by atoms with Crippen LogP contribution in [0, 0.1) is 23.0 Å². The number of nitrogens with zero attached hydrogens (tertiary/aromatic N) is 2. The van der Waals surface area contributed by atoms with Crippen LogP contribution in [-0.4, -0.2) is 31.1 Å². The molecule has 0 aliphatic carbocycles. The summed E-state index contributed by atoms with van der Waals surface area (Å²) in [6.07, 6.45) is 3.39. The Bertz CT molecular complexity index is 484. The van der Waals surface area contributed by atoms with Crippen molar-refractivity contribution in [1.29, 1.82) is 0 Å². The van der Waals surface area contributed by atoms with Gasteiger partial charge in [0.05, 0.1) is 4.92 Å². The smallest absolute Gasteiger partial charge is 0.292 e. The first-order chi connectivity index (χ1) is 10.1. The molecule has 1 fully saturated rings. The molecule has 21 heavy (non-hydrogen) atoms. The summed E-state index contributed by atoms with van der Waals surface area (Å²) in [5, 5.41) is 14.8. The molecule has 0 bridgehead atoms. The summed E-state index contributed by atoms with van der Waals surface area (Å²) in [5.41, 5.74) is 1.92. The van der Waals surface area contributed by atoms with Crippen molar-refractivity contribution in [3.8, 4) is 0 Å². The van der Waals surface area contributed by atoms with E-state index in [1.165, 1.54) is 12.8 Å². The Kier molecular flexibility index (Phi) is 5.56. The van der Waals surface area contributed by atoms with Gasteiger partial charge in [-0.1, -0.05) is 13.0 Å². The van der Waals surface area contributed by atoms with E-state index in [0.29, 0.717) is 5.92 Å². The minimum Gasteiger partial charge on any atom is -0.366 e. The van der Waals surface area contributed by atoms with Crippen LogP contribution in [0.3, 0.4) is 0 Å². The lowest BCUT2D eigenvalue weighted by atomic mass is 9.98. The van der Waals surface area contributed by atoms with Crippen LogP contribution in [0.1, 0.15) is 31.7 Å². The number of aryl methyl sites for hydroxylation is 1. The summed E-state index contributed by atoms with van der Waals surface area (Å²) in [5.74, 6) is 0.575. The normalized spacial score (nSPS) is 18.5. The first-order valence-electron chi connectivity index (χ1n) is 7.82. The van der Waals surface area contributed by atoms with E-state index in [4.69, 9.17) is 0 Å². The summed E-state index contributed by atoms with van der Waals surface area (Å²) < 4.78 is 0. The number of nitro groups is 1. The Morgan fingerprint density at radius 3 is 2.90 bits per heavy atom. The second kappa shape index (κ2) is 7.41. The van der Waals surface area contributed by atoms with Crippen LogP contribution in [0.15, 0.2) is 18.2 Å². The largest absolute Gasteiger partial charge is 0.366 e. The lowest BCUT2D eigenvalue weighted by Gasteiger charge is -2.31. The number of hydrogen-bond acceptors (Lipinski definition) is 4. The minimum atomic E-state index is -0.260. The molecule has 0 aromatic heterocycles. The lowest BCUT2D eigenvalue weighted by molar-refractivity contribution is -0.384. The van der Waals surface area contributed by atoms with E-state index in [0.717, 1.165) is 43.9 Å².